The lowest BCUT2D eigenvalue weighted by molar-refractivity contribution is 0.0757. The molecule has 8 heteroatoms. The van der Waals surface area contributed by atoms with E-state index < -0.39 is 5.41 Å². The quantitative estimate of drug-likeness (QED) is 0.459. The van der Waals surface area contributed by atoms with Gasteiger partial charge in [0.25, 0.3) is 5.91 Å². The highest BCUT2D eigenvalue weighted by molar-refractivity contribution is 5.94. The zero-order valence-corrected chi connectivity index (χ0v) is 19.9. The van der Waals surface area contributed by atoms with Gasteiger partial charge in [0.05, 0.1) is 48.9 Å². The van der Waals surface area contributed by atoms with Crippen molar-refractivity contribution in [2.75, 3.05) is 6.61 Å². The van der Waals surface area contributed by atoms with E-state index in [1.165, 1.54) is 0 Å². The van der Waals surface area contributed by atoms with Crippen LogP contribution in [0.25, 0.3) is 22.2 Å². The van der Waals surface area contributed by atoms with Crippen LogP contribution in [0.15, 0.2) is 55.0 Å². The van der Waals surface area contributed by atoms with Crippen LogP contribution in [0, 0.1) is 11.3 Å². The van der Waals surface area contributed by atoms with Crippen LogP contribution in [0.3, 0.4) is 0 Å². The average Bonchev–Trinajstić information content (AvgIpc) is 3.77. The van der Waals surface area contributed by atoms with Gasteiger partial charge >= 0.3 is 0 Å². The minimum atomic E-state index is -0.766. The number of aromatic nitrogens is 4. The number of carbonyl (C=O) groups is 1. The number of ether oxygens (including phenoxy) is 1. The molecule has 1 fully saturated rings. The Bertz CT molecular complexity index is 1540. The molecule has 36 heavy (non-hydrogen) atoms. The summed E-state index contributed by atoms with van der Waals surface area (Å²) in [4.78, 5) is 31.1. The van der Waals surface area contributed by atoms with Crippen molar-refractivity contribution in [1.29, 1.82) is 5.26 Å². The maximum atomic E-state index is 12.9. The molecule has 0 radical (unpaired) electrons. The zero-order chi connectivity index (χ0) is 24.7. The smallest absolute Gasteiger partial charge is 0.251 e. The molecule has 0 bridgehead atoms. The van der Waals surface area contributed by atoms with Crippen molar-refractivity contribution in [3.05, 3.63) is 83.2 Å². The summed E-state index contributed by atoms with van der Waals surface area (Å²) >= 11 is 0. The molecule has 1 saturated carbocycles. The van der Waals surface area contributed by atoms with Gasteiger partial charge < -0.3 is 10.1 Å². The van der Waals surface area contributed by atoms with Gasteiger partial charge in [0.2, 0.25) is 0 Å². The van der Waals surface area contributed by atoms with Crippen LogP contribution >= 0.6 is 0 Å². The third kappa shape index (κ3) is 4.18. The summed E-state index contributed by atoms with van der Waals surface area (Å²) in [6, 6.07) is 13.6. The lowest BCUT2D eigenvalue weighted by atomic mass is 9.79. The van der Waals surface area contributed by atoms with E-state index in [2.05, 4.69) is 26.3 Å². The van der Waals surface area contributed by atoms with Crippen LogP contribution in [0.4, 0.5) is 0 Å². The third-order valence-electron chi connectivity index (χ3n) is 6.83. The Morgan fingerprint density at radius 1 is 1.17 bits per heavy atom. The van der Waals surface area contributed by atoms with Gasteiger partial charge in [-0.05, 0) is 61.2 Å². The number of nitriles is 1. The van der Waals surface area contributed by atoms with Gasteiger partial charge in [-0.2, -0.15) is 5.26 Å². The molecular formula is C28H24N6O2. The van der Waals surface area contributed by atoms with Crippen molar-refractivity contribution >= 4 is 16.8 Å². The number of fused-ring (bicyclic) bond motifs is 2. The molecule has 1 amide bonds. The summed E-state index contributed by atoms with van der Waals surface area (Å²) in [7, 11) is 0. The molecule has 3 aromatic heterocycles. The lowest BCUT2D eigenvalue weighted by Crippen LogP contribution is -2.33. The Morgan fingerprint density at radius 3 is 2.89 bits per heavy atom. The van der Waals surface area contributed by atoms with Crippen molar-refractivity contribution in [2.24, 2.45) is 0 Å². The fourth-order valence-corrected chi connectivity index (χ4v) is 4.55. The van der Waals surface area contributed by atoms with E-state index in [1.807, 2.05) is 31.2 Å². The predicted octanol–water partition coefficient (Wildman–Crippen LogP) is 4.21. The topological polar surface area (TPSA) is 114 Å². The van der Waals surface area contributed by atoms with E-state index in [-0.39, 0.29) is 12.5 Å². The van der Waals surface area contributed by atoms with Crippen LogP contribution in [-0.2, 0) is 23.3 Å². The SMILES string of the molecule is C[C@@]1(C#N)COCc2ccc(C(=O)NCc3cc4cc(-c5ccnc(C6CC6)n5)cnc4cn3)cc21. The molecule has 1 atom stereocenters. The first kappa shape index (κ1) is 22.3. The van der Waals surface area contributed by atoms with Crippen LogP contribution < -0.4 is 5.32 Å². The summed E-state index contributed by atoms with van der Waals surface area (Å²) in [6.45, 7) is 2.87. The third-order valence-corrected chi connectivity index (χ3v) is 6.83. The number of nitrogens with zero attached hydrogens (tertiary/aromatic N) is 5. The Labute approximate surface area is 208 Å². The lowest BCUT2D eigenvalue weighted by Gasteiger charge is -2.30. The van der Waals surface area contributed by atoms with Crippen LogP contribution in [0.2, 0.25) is 0 Å². The molecule has 0 saturated heterocycles. The van der Waals surface area contributed by atoms with Crippen molar-refractivity contribution < 1.29 is 9.53 Å². The molecule has 1 aliphatic heterocycles. The summed E-state index contributed by atoms with van der Waals surface area (Å²) in [5.74, 6) is 1.16. The van der Waals surface area contributed by atoms with Crippen LogP contribution in [0.1, 0.15) is 58.7 Å². The van der Waals surface area contributed by atoms with Gasteiger partial charge in [-0.25, -0.2) is 9.97 Å². The number of hydrogen-bond acceptors (Lipinski definition) is 7. The number of nitrogens with one attached hydrogen (secondary N) is 1. The normalized spacial score (nSPS) is 18.9. The monoisotopic (exact) mass is 476 g/mol. The van der Waals surface area contributed by atoms with Gasteiger partial charge in [-0.1, -0.05) is 6.07 Å². The molecule has 4 aromatic rings. The highest BCUT2D eigenvalue weighted by Gasteiger charge is 2.33. The molecule has 178 valence electrons. The second kappa shape index (κ2) is 8.77. The predicted molar refractivity (Wildman–Crippen MR) is 133 cm³/mol. The van der Waals surface area contributed by atoms with Crippen molar-refractivity contribution in [3.63, 3.8) is 0 Å². The Balaban J connectivity index is 1.21. The fourth-order valence-electron chi connectivity index (χ4n) is 4.55. The number of carbonyl (C=O) groups excluding carboxylic acids is 1. The van der Waals surface area contributed by atoms with E-state index >= 15 is 0 Å². The zero-order valence-electron chi connectivity index (χ0n) is 19.9. The van der Waals surface area contributed by atoms with Gasteiger partial charge in [0, 0.05) is 34.8 Å². The molecule has 1 aliphatic carbocycles. The number of pyridine rings is 2. The molecule has 4 heterocycles. The minimum absolute atomic E-state index is 0.216. The molecule has 2 aliphatic rings. The largest absolute Gasteiger partial charge is 0.375 e. The Hall–Kier alpha value is -4.22. The van der Waals surface area contributed by atoms with Crippen molar-refractivity contribution in [1.82, 2.24) is 25.3 Å². The summed E-state index contributed by atoms with van der Waals surface area (Å²) in [5.41, 5.74) is 4.81. The van der Waals surface area contributed by atoms with Crippen LogP contribution in [-0.4, -0.2) is 32.4 Å². The van der Waals surface area contributed by atoms with Gasteiger partial charge in [0.1, 0.15) is 11.2 Å². The minimum Gasteiger partial charge on any atom is -0.375 e. The second-order valence-corrected chi connectivity index (χ2v) is 9.66. The number of rotatable bonds is 5. The molecule has 8 nitrogen and oxygen atoms in total. The Kier molecular flexibility index (Phi) is 5.42. The highest BCUT2D eigenvalue weighted by Crippen LogP contribution is 2.38. The Morgan fingerprint density at radius 2 is 2.06 bits per heavy atom. The average molecular weight is 477 g/mol. The van der Waals surface area contributed by atoms with Crippen LogP contribution in [0.5, 0.6) is 0 Å². The standard InChI is InChI=1S/C28H24N6O2/c1-28(15-29)16-36-14-19-5-4-18(10-23(19)28)27(35)33-12-22-9-20-8-21(11-32-25(20)13-31-22)24-6-7-30-26(34-24)17-2-3-17/h4-11,13,17H,2-3,12,14,16H2,1H3,(H,33,35)/t28-/m1/s1. The maximum Gasteiger partial charge on any atom is 0.251 e. The van der Waals surface area contributed by atoms with Crippen molar-refractivity contribution in [3.8, 4) is 17.3 Å². The molecule has 1 aromatic carbocycles. The fraction of sp³-hybridized carbons (Fsp3) is 0.286. The molecular weight excluding hydrogens is 452 g/mol. The highest BCUT2D eigenvalue weighted by atomic mass is 16.5. The summed E-state index contributed by atoms with van der Waals surface area (Å²) < 4.78 is 5.56. The molecule has 0 unspecified atom stereocenters. The van der Waals surface area contributed by atoms with Crippen molar-refractivity contribution in [2.45, 2.75) is 44.2 Å². The van der Waals surface area contributed by atoms with E-state index in [0.717, 1.165) is 57.6 Å². The van der Waals surface area contributed by atoms with Gasteiger partial charge in [-0.15, -0.1) is 0 Å². The van der Waals surface area contributed by atoms with E-state index in [0.29, 0.717) is 24.7 Å². The number of hydrogen-bond donors (Lipinski definition) is 1. The van der Waals surface area contributed by atoms with E-state index in [4.69, 9.17) is 9.72 Å². The summed E-state index contributed by atoms with van der Waals surface area (Å²) in [6.07, 6.45) is 7.63. The van der Waals surface area contributed by atoms with E-state index in [1.54, 1.807) is 30.7 Å². The maximum absolute atomic E-state index is 12.9. The second-order valence-electron chi connectivity index (χ2n) is 9.66. The first-order valence-corrected chi connectivity index (χ1v) is 12.0. The van der Waals surface area contributed by atoms with Gasteiger partial charge in [-0.3, -0.25) is 14.8 Å². The first-order chi connectivity index (χ1) is 17.5. The molecule has 0 spiro atoms. The van der Waals surface area contributed by atoms with E-state index in [9.17, 15) is 10.1 Å². The summed E-state index contributed by atoms with van der Waals surface area (Å²) in [5, 5.41) is 13.5. The molecule has 1 N–H and O–H groups in total. The first-order valence-electron chi connectivity index (χ1n) is 12.0. The van der Waals surface area contributed by atoms with Gasteiger partial charge in [0.15, 0.2) is 0 Å². The number of amides is 1. The number of benzene rings is 1. The molecule has 6 rings (SSSR count).